The van der Waals surface area contributed by atoms with Crippen LogP contribution in [-0.2, 0) is 16.1 Å². The van der Waals surface area contributed by atoms with Gasteiger partial charge in [-0.15, -0.1) is 0 Å². The SMILES string of the molecule is COC(=O)C1CC2CC(C1)CN(Cc1ccc3c(c1)Nc1nccnc1S3)C2. The number of anilines is 2. The molecule has 2 unspecified atom stereocenters. The van der Waals surface area contributed by atoms with Crippen LogP contribution in [-0.4, -0.2) is 41.0 Å². The maximum atomic E-state index is 11.9. The number of fused-ring (bicyclic) bond motifs is 4. The molecule has 3 heterocycles. The number of methoxy groups -OCH3 is 1. The van der Waals surface area contributed by atoms with Crippen LogP contribution < -0.4 is 5.32 Å². The van der Waals surface area contributed by atoms with Gasteiger partial charge in [-0.05, 0) is 48.8 Å². The number of hydrogen-bond donors (Lipinski definition) is 1. The Morgan fingerprint density at radius 3 is 2.79 bits per heavy atom. The zero-order chi connectivity index (χ0) is 19.1. The molecule has 2 bridgehead atoms. The van der Waals surface area contributed by atoms with Crippen molar-refractivity contribution in [3.8, 4) is 0 Å². The molecule has 2 aromatic rings. The first-order chi connectivity index (χ1) is 13.7. The number of rotatable bonds is 3. The van der Waals surface area contributed by atoms with Crippen molar-refractivity contribution in [3.05, 3.63) is 36.2 Å². The lowest BCUT2D eigenvalue weighted by Crippen LogP contribution is -2.45. The minimum Gasteiger partial charge on any atom is -0.469 e. The summed E-state index contributed by atoms with van der Waals surface area (Å²) >= 11 is 1.66. The summed E-state index contributed by atoms with van der Waals surface area (Å²) < 4.78 is 4.98. The van der Waals surface area contributed by atoms with E-state index in [0.717, 1.165) is 49.0 Å². The summed E-state index contributed by atoms with van der Waals surface area (Å²) in [6.07, 6.45) is 6.64. The Hall–Kier alpha value is -2.12. The molecule has 1 aromatic heterocycles. The normalized spacial score (nSPS) is 26.0. The van der Waals surface area contributed by atoms with Gasteiger partial charge >= 0.3 is 5.97 Å². The van der Waals surface area contributed by atoms with Gasteiger partial charge in [-0.25, -0.2) is 9.97 Å². The predicted octanol–water partition coefficient (Wildman–Crippen LogP) is 3.71. The highest BCUT2D eigenvalue weighted by molar-refractivity contribution is 7.99. The second-order valence-electron chi connectivity index (χ2n) is 8.12. The van der Waals surface area contributed by atoms with Crippen LogP contribution in [0.1, 0.15) is 24.8 Å². The van der Waals surface area contributed by atoms with Crippen LogP contribution in [0.2, 0.25) is 0 Å². The van der Waals surface area contributed by atoms with Gasteiger partial charge in [-0.2, -0.15) is 0 Å². The number of likely N-dealkylation sites (tertiary alicyclic amines) is 1. The fraction of sp³-hybridized carbons (Fsp3) is 0.476. The van der Waals surface area contributed by atoms with Crippen molar-refractivity contribution < 1.29 is 9.53 Å². The van der Waals surface area contributed by atoms with Gasteiger partial charge in [0.25, 0.3) is 0 Å². The average molecular weight is 397 g/mol. The molecule has 0 amide bonds. The molecule has 5 rings (SSSR count). The van der Waals surface area contributed by atoms with Crippen LogP contribution in [0, 0.1) is 17.8 Å². The number of nitrogens with zero attached hydrogens (tertiary/aromatic N) is 3. The molecule has 0 spiro atoms. The van der Waals surface area contributed by atoms with Crippen LogP contribution >= 0.6 is 11.8 Å². The van der Waals surface area contributed by atoms with E-state index in [9.17, 15) is 4.79 Å². The molecular formula is C21H24N4O2S. The molecule has 1 aromatic carbocycles. The maximum absolute atomic E-state index is 11.9. The number of piperidine rings is 1. The molecule has 0 radical (unpaired) electrons. The summed E-state index contributed by atoms with van der Waals surface area (Å²) in [5, 5.41) is 4.34. The fourth-order valence-electron chi connectivity index (χ4n) is 4.99. The first-order valence-electron chi connectivity index (χ1n) is 9.87. The summed E-state index contributed by atoms with van der Waals surface area (Å²) in [5.41, 5.74) is 2.42. The Morgan fingerprint density at radius 1 is 1.21 bits per heavy atom. The van der Waals surface area contributed by atoms with Crippen LogP contribution in [0.4, 0.5) is 11.5 Å². The van der Waals surface area contributed by atoms with Gasteiger partial charge in [-0.3, -0.25) is 9.69 Å². The molecule has 1 saturated carbocycles. The molecular weight excluding hydrogens is 372 g/mol. The van der Waals surface area contributed by atoms with Gasteiger partial charge in [0.15, 0.2) is 5.82 Å². The Labute approximate surface area is 169 Å². The highest BCUT2D eigenvalue weighted by atomic mass is 32.2. The van der Waals surface area contributed by atoms with Crippen LogP contribution in [0.5, 0.6) is 0 Å². The van der Waals surface area contributed by atoms with E-state index in [0.29, 0.717) is 11.8 Å². The lowest BCUT2D eigenvalue weighted by atomic mass is 9.72. The van der Waals surface area contributed by atoms with E-state index in [1.54, 1.807) is 24.2 Å². The van der Waals surface area contributed by atoms with Gasteiger partial charge in [0.1, 0.15) is 5.03 Å². The molecule has 7 heteroatoms. The highest BCUT2D eigenvalue weighted by Gasteiger charge is 2.38. The quantitative estimate of drug-likeness (QED) is 0.677. The zero-order valence-corrected chi connectivity index (χ0v) is 16.7. The summed E-state index contributed by atoms with van der Waals surface area (Å²) in [6, 6.07) is 6.64. The van der Waals surface area contributed by atoms with Gasteiger partial charge in [0.05, 0.1) is 18.7 Å². The third kappa shape index (κ3) is 3.49. The number of carbonyl (C=O) groups is 1. The van der Waals surface area contributed by atoms with E-state index in [4.69, 9.17) is 4.74 Å². The third-order valence-corrected chi connectivity index (χ3v) is 7.11. The van der Waals surface area contributed by atoms with Crippen LogP contribution in [0.25, 0.3) is 0 Å². The van der Waals surface area contributed by atoms with E-state index in [1.165, 1.54) is 24.0 Å². The predicted molar refractivity (Wildman–Crippen MR) is 107 cm³/mol. The first kappa shape index (κ1) is 17.9. The van der Waals surface area contributed by atoms with Crippen molar-refractivity contribution in [3.63, 3.8) is 0 Å². The van der Waals surface area contributed by atoms with Crippen LogP contribution in [0.15, 0.2) is 40.5 Å². The van der Waals surface area contributed by atoms with Gasteiger partial charge in [-0.1, -0.05) is 17.8 Å². The Bertz CT molecular complexity index is 892. The Kier molecular flexibility index (Phi) is 4.72. The second-order valence-corrected chi connectivity index (χ2v) is 9.15. The highest BCUT2D eigenvalue weighted by Crippen LogP contribution is 2.43. The molecule has 1 saturated heterocycles. The summed E-state index contributed by atoms with van der Waals surface area (Å²) in [7, 11) is 1.51. The number of ether oxygens (including phenoxy) is 1. The van der Waals surface area contributed by atoms with E-state index in [2.05, 4.69) is 38.4 Å². The molecule has 1 aliphatic carbocycles. The maximum Gasteiger partial charge on any atom is 0.308 e. The smallest absolute Gasteiger partial charge is 0.308 e. The number of nitrogens with one attached hydrogen (secondary N) is 1. The van der Waals surface area contributed by atoms with Crippen molar-refractivity contribution >= 4 is 29.2 Å². The van der Waals surface area contributed by atoms with E-state index in [-0.39, 0.29) is 11.9 Å². The van der Waals surface area contributed by atoms with Crippen molar-refractivity contribution in [2.75, 3.05) is 25.5 Å². The Balaban J connectivity index is 1.26. The van der Waals surface area contributed by atoms with E-state index in [1.807, 2.05) is 0 Å². The zero-order valence-electron chi connectivity index (χ0n) is 15.9. The summed E-state index contributed by atoms with van der Waals surface area (Å²) in [6.45, 7) is 3.08. The fourth-order valence-corrected chi connectivity index (χ4v) is 5.87. The molecule has 1 N–H and O–H groups in total. The first-order valence-corrected chi connectivity index (χ1v) is 10.7. The van der Waals surface area contributed by atoms with Gasteiger partial charge < -0.3 is 10.1 Å². The second kappa shape index (κ2) is 7.37. The average Bonchev–Trinajstić information content (AvgIpc) is 2.71. The Morgan fingerprint density at radius 2 is 2.00 bits per heavy atom. The summed E-state index contributed by atoms with van der Waals surface area (Å²) in [4.78, 5) is 24.5. The molecule has 3 aliphatic rings. The molecule has 6 nitrogen and oxygen atoms in total. The topological polar surface area (TPSA) is 67.3 Å². The molecule has 28 heavy (non-hydrogen) atoms. The van der Waals surface area contributed by atoms with Crippen molar-refractivity contribution in [2.45, 2.75) is 35.7 Å². The van der Waals surface area contributed by atoms with Crippen molar-refractivity contribution in [1.29, 1.82) is 0 Å². The lowest BCUT2D eigenvalue weighted by molar-refractivity contribution is -0.148. The lowest BCUT2D eigenvalue weighted by Gasteiger charge is -2.43. The largest absolute Gasteiger partial charge is 0.469 e. The minimum atomic E-state index is -0.0233. The number of aromatic nitrogens is 2. The minimum absolute atomic E-state index is 0.0233. The number of hydrogen-bond acceptors (Lipinski definition) is 7. The monoisotopic (exact) mass is 396 g/mol. The number of benzene rings is 1. The molecule has 2 fully saturated rings. The summed E-state index contributed by atoms with van der Waals surface area (Å²) in [5.74, 6) is 2.11. The molecule has 2 atom stereocenters. The number of carbonyl (C=O) groups excluding carboxylic acids is 1. The third-order valence-electron chi connectivity index (χ3n) is 6.04. The molecule has 2 aliphatic heterocycles. The standard InChI is InChI=1S/C21H24N4O2S/c1-27-21(26)16-7-14-6-15(8-16)12-25(11-14)10-13-2-3-18-17(9-13)24-19-20(28-18)23-5-4-22-19/h2-5,9,14-16H,6-8,10-12H2,1H3,(H,22,24). The van der Waals surface area contributed by atoms with Crippen molar-refractivity contribution in [2.24, 2.45) is 17.8 Å². The number of esters is 1. The van der Waals surface area contributed by atoms with Crippen LogP contribution in [0.3, 0.4) is 0 Å². The molecule has 146 valence electrons. The van der Waals surface area contributed by atoms with E-state index < -0.39 is 0 Å². The van der Waals surface area contributed by atoms with Crippen molar-refractivity contribution in [1.82, 2.24) is 14.9 Å². The van der Waals surface area contributed by atoms with Gasteiger partial charge in [0, 0.05) is 36.9 Å². The van der Waals surface area contributed by atoms with E-state index >= 15 is 0 Å². The van der Waals surface area contributed by atoms with Gasteiger partial charge in [0.2, 0.25) is 0 Å².